The van der Waals surface area contributed by atoms with Gasteiger partial charge in [0.1, 0.15) is 10.7 Å². The lowest BCUT2D eigenvalue weighted by molar-refractivity contribution is -0.137. The number of nitrogens with one attached hydrogen (secondary N) is 1. The van der Waals surface area contributed by atoms with E-state index in [4.69, 9.17) is 0 Å². The molecule has 0 saturated carbocycles. The van der Waals surface area contributed by atoms with Gasteiger partial charge in [-0.2, -0.15) is 0 Å². The van der Waals surface area contributed by atoms with Crippen molar-refractivity contribution in [3.63, 3.8) is 0 Å². The first-order chi connectivity index (χ1) is 12.8. The highest BCUT2D eigenvalue weighted by molar-refractivity contribution is 7.97. The Bertz CT molecular complexity index is 1020. The van der Waals surface area contributed by atoms with Crippen molar-refractivity contribution in [2.75, 3.05) is 4.31 Å². The lowest BCUT2D eigenvalue weighted by atomic mass is 9.93. The first kappa shape index (κ1) is 17.9. The van der Waals surface area contributed by atoms with Crippen LogP contribution >= 0.6 is 12.1 Å². The number of hydrogen-bond donors (Lipinski definition) is 2. The van der Waals surface area contributed by atoms with Crippen molar-refractivity contribution in [1.29, 1.82) is 0 Å². The summed E-state index contributed by atoms with van der Waals surface area (Å²) < 4.78 is 46.6. The van der Waals surface area contributed by atoms with Crippen molar-refractivity contribution < 1.29 is 22.7 Å². The van der Waals surface area contributed by atoms with Gasteiger partial charge in [0, 0.05) is 18.3 Å². The normalized spacial score (nSPS) is 23.5. The second-order valence-corrected chi connectivity index (χ2v) is 8.98. The summed E-state index contributed by atoms with van der Waals surface area (Å²) in [6, 6.07) is 3.15. The molecule has 3 aliphatic rings. The molecule has 0 spiro atoms. The van der Waals surface area contributed by atoms with Gasteiger partial charge in [0.25, 0.3) is 10.0 Å². The molecule has 7 nitrogen and oxygen atoms in total. The molecule has 0 bridgehead atoms. The third-order valence-corrected chi connectivity index (χ3v) is 7.50. The van der Waals surface area contributed by atoms with Crippen LogP contribution in [0.5, 0.6) is 0 Å². The van der Waals surface area contributed by atoms with Gasteiger partial charge in [0.15, 0.2) is 0 Å². The summed E-state index contributed by atoms with van der Waals surface area (Å²) >= 11 is 1.24. The van der Waals surface area contributed by atoms with E-state index in [1.165, 1.54) is 40.7 Å². The van der Waals surface area contributed by atoms with Gasteiger partial charge in [0.2, 0.25) is 0 Å². The highest BCUT2D eigenvalue weighted by atomic mass is 32.2. The van der Waals surface area contributed by atoms with Crippen LogP contribution in [0, 0.1) is 5.82 Å². The van der Waals surface area contributed by atoms with Crippen LogP contribution in [0.2, 0.25) is 0 Å². The molecule has 0 amide bonds. The number of carboxylic acid groups (broad SMARTS) is 1. The Morgan fingerprint density at radius 3 is 2.93 bits per heavy atom. The van der Waals surface area contributed by atoms with E-state index < -0.39 is 33.8 Å². The third-order valence-electron chi connectivity index (χ3n) is 4.82. The molecule has 1 aromatic rings. The highest BCUT2D eigenvalue weighted by Crippen LogP contribution is 2.47. The Morgan fingerprint density at radius 1 is 1.41 bits per heavy atom. The summed E-state index contributed by atoms with van der Waals surface area (Å²) in [6.45, 7) is 1.65. The van der Waals surface area contributed by atoms with Crippen molar-refractivity contribution in [3.8, 4) is 0 Å². The maximum absolute atomic E-state index is 13.8. The van der Waals surface area contributed by atoms with Gasteiger partial charge < -0.3 is 9.83 Å². The summed E-state index contributed by atoms with van der Waals surface area (Å²) in [6.07, 6.45) is 6.18. The van der Waals surface area contributed by atoms with Crippen LogP contribution in [-0.4, -0.2) is 29.8 Å². The Kier molecular flexibility index (Phi) is 4.19. The van der Waals surface area contributed by atoms with E-state index >= 15 is 0 Å². The van der Waals surface area contributed by atoms with Gasteiger partial charge in [-0.15, -0.1) is 0 Å². The van der Waals surface area contributed by atoms with Crippen LogP contribution in [0.15, 0.2) is 53.4 Å². The first-order valence-electron chi connectivity index (χ1n) is 8.17. The summed E-state index contributed by atoms with van der Waals surface area (Å²) in [5.41, 5.74) is 1.20. The number of halogens is 1. The van der Waals surface area contributed by atoms with Gasteiger partial charge in [-0.25, -0.2) is 12.8 Å². The number of carboxylic acids is 1. The minimum absolute atomic E-state index is 0.0978. The van der Waals surface area contributed by atoms with Crippen molar-refractivity contribution in [2.45, 2.75) is 25.3 Å². The summed E-state index contributed by atoms with van der Waals surface area (Å²) in [5.74, 6) is -2.23. The minimum Gasteiger partial charge on any atom is -0.481 e. The quantitative estimate of drug-likeness (QED) is 0.739. The van der Waals surface area contributed by atoms with Crippen molar-refractivity contribution in [2.24, 2.45) is 0 Å². The molecule has 2 atom stereocenters. The molecule has 2 unspecified atom stereocenters. The van der Waals surface area contributed by atoms with Gasteiger partial charge in [-0.05, 0) is 42.8 Å². The highest BCUT2D eigenvalue weighted by Gasteiger charge is 2.45. The number of allylic oxidation sites excluding steroid dienone is 2. The molecule has 0 saturated heterocycles. The summed E-state index contributed by atoms with van der Waals surface area (Å²) in [4.78, 5) is 11.4. The lowest BCUT2D eigenvalue weighted by Crippen LogP contribution is -2.39. The molecular formula is C17H16FN3O4S2. The van der Waals surface area contributed by atoms with Crippen molar-refractivity contribution in [1.82, 2.24) is 9.03 Å². The van der Waals surface area contributed by atoms with Crippen LogP contribution in [0.4, 0.5) is 10.1 Å². The molecule has 2 N–H and O–H groups in total. The smallest absolute Gasteiger partial charge is 0.304 e. The second-order valence-electron chi connectivity index (χ2n) is 6.39. The van der Waals surface area contributed by atoms with E-state index in [0.717, 1.165) is 0 Å². The summed E-state index contributed by atoms with van der Waals surface area (Å²) in [7, 11) is -4.00. The zero-order valence-electron chi connectivity index (χ0n) is 14.2. The van der Waals surface area contributed by atoms with Crippen molar-refractivity contribution >= 4 is 33.8 Å². The second kappa shape index (κ2) is 6.31. The predicted molar refractivity (Wildman–Crippen MR) is 100 cm³/mol. The zero-order chi connectivity index (χ0) is 19.3. The number of nitrogens with zero attached hydrogens (tertiary/aromatic N) is 2. The molecule has 0 aliphatic carbocycles. The first-order valence-corrected chi connectivity index (χ1v) is 10.4. The number of carbonyl (C=O) groups is 1. The average molecular weight is 409 g/mol. The average Bonchev–Trinajstić information content (AvgIpc) is 3.18. The Morgan fingerprint density at radius 2 is 2.19 bits per heavy atom. The van der Waals surface area contributed by atoms with E-state index in [-0.39, 0.29) is 11.3 Å². The van der Waals surface area contributed by atoms with Crippen molar-refractivity contribution in [3.05, 3.63) is 64.7 Å². The van der Waals surface area contributed by atoms with E-state index in [2.05, 4.69) is 4.72 Å². The number of hydrogen-bond acceptors (Lipinski definition) is 6. The van der Waals surface area contributed by atoms with E-state index in [1.807, 2.05) is 0 Å². The Labute approximate surface area is 160 Å². The molecule has 10 heteroatoms. The number of sulfonamides is 1. The van der Waals surface area contributed by atoms with Crippen LogP contribution < -0.4 is 9.03 Å². The van der Waals surface area contributed by atoms with Gasteiger partial charge in [-0.3, -0.25) is 13.4 Å². The maximum Gasteiger partial charge on any atom is 0.304 e. The maximum atomic E-state index is 13.8. The van der Waals surface area contributed by atoms with Crippen LogP contribution in [0.1, 0.15) is 24.8 Å². The molecule has 27 heavy (non-hydrogen) atoms. The molecular weight excluding hydrogens is 393 g/mol. The fourth-order valence-electron chi connectivity index (χ4n) is 3.64. The minimum atomic E-state index is -4.00. The molecule has 3 aliphatic heterocycles. The third kappa shape index (κ3) is 2.79. The lowest BCUT2D eigenvalue weighted by Gasteiger charge is -2.29. The predicted octanol–water partition coefficient (Wildman–Crippen LogP) is 2.64. The summed E-state index contributed by atoms with van der Waals surface area (Å²) in [5, 5.41) is 9.24. The molecule has 142 valence electrons. The number of fused-ring (bicyclic) bond motifs is 2. The van der Waals surface area contributed by atoms with Crippen LogP contribution in [0.25, 0.3) is 0 Å². The fraction of sp³-hybridized carbons (Fsp3) is 0.235. The molecule has 4 rings (SSSR count). The Balaban J connectivity index is 1.83. The topological polar surface area (TPSA) is 90.0 Å². The SMILES string of the molecule is CC1C(CC(=O)O)c2cc(F)ccc2N1S(=O)(=O)C1=CC=CN2SNC=C12. The standard InChI is InChI=1S/C17H16FN3O4S2/c1-10-12(8-17(22)23)13-7-11(18)4-5-14(13)21(10)27(24,25)16-3-2-6-20-15(16)9-19-26-20/h2-7,9-10,12,19H,8H2,1H3,(H,22,23). The van der Waals surface area contributed by atoms with Gasteiger partial charge >= 0.3 is 5.97 Å². The van der Waals surface area contributed by atoms with Crippen LogP contribution in [-0.2, 0) is 14.8 Å². The number of benzene rings is 1. The fourth-order valence-corrected chi connectivity index (χ4v) is 6.25. The Hall–Kier alpha value is -2.46. The van der Waals surface area contributed by atoms with Crippen LogP contribution in [0.3, 0.4) is 0 Å². The number of aliphatic carboxylic acids is 1. The zero-order valence-corrected chi connectivity index (χ0v) is 15.8. The molecule has 1 aromatic carbocycles. The number of anilines is 1. The van der Waals surface area contributed by atoms with E-state index in [9.17, 15) is 22.7 Å². The molecule has 0 fully saturated rings. The molecule has 3 heterocycles. The van der Waals surface area contributed by atoms with E-state index in [0.29, 0.717) is 16.9 Å². The van der Waals surface area contributed by atoms with Gasteiger partial charge in [0.05, 0.1) is 36.0 Å². The monoisotopic (exact) mass is 409 g/mol. The largest absolute Gasteiger partial charge is 0.481 e. The molecule has 0 radical (unpaired) electrons. The van der Waals surface area contributed by atoms with Gasteiger partial charge in [-0.1, -0.05) is 0 Å². The number of rotatable bonds is 4. The molecule has 0 aromatic heterocycles. The van der Waals surface area contributed by atoms with E-state index in [1.54, 1.807) is 29.7 Å².